The lowest BCUT2D eigenvalue weighted by molar-refractivity contribution is 0.301. The lowest BCUT2D eigenvalue weighted by Crippen LogP contribution is -2.05. The number of halogens is 1. The number of hydrogen-bond acceptors (Lipinski definition) is 6. The van der Waals surface area contributed by atoms with Gasteiger partial charge < -0.3 is 13.9 Å². The molecule has 2 aromatic heterocycles. The zero-order valence-corrected chi connectivity index (χ0v) is 17.2. The second-order valence-electron chi connectivity index (χ2n) is 7.16. The topological polar surface area (TPSA) is 79.4 Å². The van der Waals surface area contributed by atoms with E-state index in [-0.39, 0.29) is 6.61 Å². The lowest BCUT2D eigenvalue weighted by atomic mass is 10.1. The maximum Gasteiger partial charge on any atom is 0.336 e. The molecule has 4 aromatic rings. The van der Waals surface area contributed by atoms with Crippen LogP contribution in [0.3, 0.4) is 0 Å². The first-order valence-corrected chi connectivity index (χ1v) is 10.2. The van der Waals surface area contributed by atoms with Crippen LogP contribution in [0.15, 0.2) is 75.6 Å². The molecule has 31 heavy (non-hydrogen) atoms. The molecule has 8 heteroatoms. The van der Waals surface area contributed by atoms with Crippen LogP contribution >= 0.6 is 11.6 Å². The van der Waals surface area contributed by atoms with E-state index in [1.165, 1.54) is 6.07 Å². The summed E-state index contributed by atoms with van der Waals surface area (Å²) in [5.74, 6) is 1.38. The first-order chi connectivity index (χ1) is 15.2. The largest absolute Gasteiger partial charge is 0.493 e. The van der Waals surface area contributed by atoms with Crippen LogP contribution in [-0.2, 0) is 13.2 Å². The Hall–Kier alpha value is -3.58. The van der Waals surface area contributed by atoms with Gasteiger partial charge in [0.1, 0.15) is 29.4 Å². The van der Waals surface area contributed by atoms with Gasteiger partial charge in [0.2, 0.25) is 0 Å². The predicted molar refractivity (Wildman–Crippen MR) is 116 cm³/mol. The Morgan fingerprint density at radius 1 is 1.13 bits per heavy atom. The summed E-state index contributed by atoms with van der Waals surface area (Å²) in [6, 6.07) is 16.2. The van der Waals surface area contributed by atoms with Crippen molar-refractivity contribution in [1.29, 1.82) is 0 Å². The van der Waals surface area contributed by atoms with Gasteiger partial charge in [-0.15, -0.1) is 5.10 Å². The fourth-order valence-corrected chi connectivity index (χ4v) is 3.78. The highest BCUT2D eigenvalue weighted by atomic mass is 35.5. The molecular weight excluding hydrogens is 418 g/mol. The number of fused-ring (bicyclic) bond motifs is 2. The summed E-state index contributed by atoms with van der Waals surface area (Å²) in [6.07, 6.45) is 2.54. The monoisotopic (exact) mass is 435 g/mol. The van der Waals surface area contributed by atoms with Crippen molar-refractivity contribution < 1.29 is 13.9 Å². The maximum absolute atomic E-state index is 11.4. The van der Waals surface area contributed by atoms with E-state index in [2.05, 4.69) is 10.3 Å². The fourth-order valence-electron chi connectivity index (χ4n) is 3.47. The van der Waals surface area contributed by atoms with Gasteiger partial charge in [-0.2, -0.15) is 0 Å². The second-order valence-corrected chi connectivity index (χ2v) is 7.54. The molecule has 0 saturated carbocycles. The fraction of sp³-hybridized carbons (Fsp3) is 0.174. The summed E-state index contributed by atoms with van der Waals surface area (Å²) >= 11 is 6.66. The van der Waals surface area contributed by atoms with Crippen LogP contribution < -0.4 is 15.1 Å². The zero-order chi connectivity index (χ0) is 21.2. The third-order valence-electron chi connectivity index (χ3n) is 5.02. The van der Waals surface area contributed by atoms with Crippen molar-refractivity contribution in [2.24, 2.45) is 0 Å². The Labute approximate surface area is 182 Å². The van der Waals surface area contributed by atoms with E-state index in [1.54, 1.807) is 16.8 Å². The Balaban J connectivity index is 1.29. The third-order valence-corrected chi connectivity index (χ3v) is 5.49. The van der Waals surface area contributed by atoms with Crippen LogP contribution in [0.25, 0.3) is 16.0 Å². The SMILES string of the molecule is O=c1ccc2ccc(OCc3cn(CC4=C(Cl)c5ccccc5OCC4)nn3)cc2o1. The summed E-state index contributed by atoms with van der Waals surface area (Å²) in [4.78, 5) is 11.4. The number of hydrogen-bond donors (Lipinski definition) is 0. The van der Waals surface area contributed by atoms with Gasteiger partial charge in [0.15, 0.2) is 0 Å². The molecule has 0 bridgehead atoms. The highest BCUT2D eigenvalue weighted by Crippen LogP contribution is 2.35. The van der Waals surface area contributed by atoms with Crippen LogP contribution in [0.4, 0.5) is 0 Å². The summed E-state index contributed by atoms with van der Waals surface area (Å²) in [5.41, 5.74) is 2.69. The molecule has 0 saturated heterocycles. The molecule has 1 aliphatic heterocycles. The number of benzene rings is 2. The van der Waals surface area contributed by atoms with Crippen molar-refractivity contribution in [3.8, 4) is 11.5 Å². The van der Waals surface area contributed by atoms with Gasteiger partial charge in [-0.3, -0.25) is 0 Å². The number of para-hydroxylation sites is 1. The molecule has 3 heterocycles. The number of ether oxygens (including phenoxy) is 2. The third kappa shape index (κ3) is 4.18. The van der Waals surface area contributed by atoms with Crippen molar-refractivity contribution in [3.05, 3.63) is 88.0 Å². The van der Waals surface area contributed by atoms with Crippen molar-refractivity contribution in [3.63, 3.8) is 0 Å². The Kier molecular flexibility index (Phi) is 5.18. The minimum Gasteiger partial charge on any atom is -0.493 e. The minimum absolute atomic E-state index is 0.237. The molecule has 0 fully saturated rings. The van der Waals surface area contributed by atoms with Gasteiger partial charge >= 0.3 is 5.63 Å². The molecule has 0 N–H and O–H groups in total. The molecule has 0 radical (unpaired) electrons. The second kappa shape index (κ2) is 8.28. The van der Waals surface area contributed by atoms with E-state index in [4.69, 9.17) is 25.5 Å². The van der Waals surface area contributed by atoms with Gasteiger partial charge in [-0.1, -0.05) is 28.9 Å². The van der Waals surface area contributed by atoms with Crippen LogP contribution in [0.2, 0.25) is 0 Å². The standard InChI is InChI=1S/C23H18ClN3O4/c24-23-16(9-10-29-20-4-2-1-3-19(20)23)12-27-13-17(25-26-27)14-30-18-7-5-15-6-8-22(28)31-21(15)11-18/h1-8,11,13H,9-10,12,14H2. The Morgan fingerprint density at radius 2 is 2.00 bits per heavy atom. The molecule has 7 nitrogen and oxygen atoms in total. The Bertz CT molecular complexity index is 1340. The van der Waals surface area contributed by atoms with E-state index < -0.39 is 5.63 Å². The highest BCUT2D eigenvalue weighted by Gasteiger charge is 2.17. The van der Waals surface area contributed by atoms with E-state index in [0.717, 1.165) is 22.3 Å². The van der Waals surface area contributed by atoms with Crippen molar-refractivity contribution in [2.75, 3.05) is 6.61 Å². The quantitative estimate of drug-likeness (QED) is 0.432. The van der Waals surface area contributed by atoms with Crippen molar-refractivity contribution in [1.82, 2.24) is 15.0 Å². The van der Waals surface area contributed by atoms with Crippen LogP contribution in [0, 0.1) is 0 Å². The summed E-state index contributed by atoms with van der Waals surface area (Å²) in [5, 5.41) is 9.91. The van der Waals surface area contributed by atoms with Gasteiger partial charge in [0, 0.05) is 29.5 Å². The molecule has 5 rings (SSSR count). The minimum atomic E-state index is -0.396. The average Bonchev–Trinajstić information content (AvgIpc) is 3.17. The van der Waals surface area contributed by atoms with Crippen molar-refractivity contribution >= 4 is 27.6 Å². The van der Waals surface area contributed by atoms with Gasteiger partial charge in [-0.05, 0) is 35.9 Å². The summed E-state index contributed by atoms with van der Waals surface area (Å²) in [6.45, 7) is 1.32. The predicted octanol–water partition coefficient (Wildman–Crippen LogP) is 4.40. The average molecular weight is 436 g/mol. The van der Waals surface area contributed by atoms with Gasteiger partial charge in [-0.25, -0.2) is 9.48 Å². The molecular formula is C23H18ClN3O4. The summed E-state index contributed by atoms with van der Waals surface area (Å²) < 4.78 is 18.5. The normalized spacial score (nSPS) is 13.6. The van der Waals surface area contributed by atoms with E-state index in [1.807, 2.05) is 42.6 Å². The number of nitrogens with zero attached hydrogens (tertiary/aromatic N) is 3. The Morgan fingerprint density at radius 3 is 2.94 bits per heavy atom. The van der Waals surface area contributed by atoms with Gasteiger partial charge in [0.05, 0.1) is 24.4 Å². The van der Waals surface area contributed by atoms with E-state index in [9.17, 15) is 4.79 Å². The molecule has 0 unspecified atom stereocenters. The maximum atomic E-state index is 11.4. The van der Waals surface area contributed by atoms with Crippen LogP contribution in [-0.4, -0.2) is 21.6 Å². The molecule has 0 aliphatic carbocycles. The van der Waals surface area contributed by atoms with Crippen LogP contribution in [0.1, 0.15) is 17.7 Å². The van der Waals surface area contributed by atoms with E-state index in [0.29, 0.717) is 41.6 Å². The highest BCUT2D eigenvalue weighted by molar-refractivity contribution is 6.49. The van der Waals surface area contributed by atoms with E-state index >= 15 is 0 Å². The molecule has 1 aliphatic rings. The first-order valence-electron chi connectivity index (χ1n) is 9.81. The molecule has 0 amide bonds. The first kappa shape index (κ1) is 19.4. The molecule has 0 spiro atoms. The van der Waals surface area contributed by atoms with Gasteiger partial charge in [0.25, 0.3) is 0 Å². The number of aromatic nitrogens is 3. The summed E-state index contributed by atoms with van der Waals surface area (Å²) in [7, 11) is 0. The van der Waals surface area contributed by atoms with Crippen molar-refractivity contribution in [2.45, 2.75) is 19.6 Å². The smallest absolute Gasteiger partial charge is 0.336 e. The molecule has 156 valence electrons. The lowest BCUT2D eigenvalue weighted by Gasteiger charge is -2.07. The zero-order valence-electron chi connectivity index (χ0n) is 16.5. The van der Waals surface area contributed by atoms with Crippen LogP contribution in [0.5, 0.6) is 11.5 Å². The number of rotatable bonds is 5. The molecule has 0 atom stereocenters. The molecule has 2 aromatic carbocycles.